The summed E-state index contributed by atoms with van der Waals surface area (Å²) < 4.78 is 1.06. The Morgan fingerprint density at radius 3 is 2.63 bits per heavy atom. The van der Waals surface area contributed by atoms with Gasteiger partial charge in [0.25, 0.3) is 0 Å². The summed E-state index contributed by atoms with van der Waals surface area (Å²) in [5.41, 5.74) is 4.69. The maximum atomic E-state index is 3.53. The average molecular weight is 424 g/mol. The van der Waals surface area contributed by atoms with Crippen molar-refractivity contribution in [1.82, 2.24) is 15.1 Å². The van der Waals surface area contributed by atoms with Gasteiger partial charge in [0.15, 0.2) is 0 Å². The number of H-pyrrole nitrogens is 2. The van der Waals surface area contributed by atoms with Crippen molar-refractivity contribution in [3.63, 3.8) is 0 Å². The van der Waals surface area contributed by atoms with Crippen molar-refractivity contribution in [3.05, 3.63) is 53.0 Å². The first-order chi connectivity index (χ1) is 13.2. The summed E-state index contributed by atoms with van der Waals surface area (Å²) in [5.74, 6) is 0.987. The molecule has 0 unspecified atom stereocenters. The Labute approximate surface area is 166 Å². The first-order valence-electron chi connectivity index (χ1n) is 9.26. The van der Waals surface area contributed by atoms with Crippen molar-refractivity contribution < 1.29 is 0 Å². The molecule has 0 radical (unpaired) electrons. The van der Waals surface area contributed by atoms with Crippen LogP contribution < -0.4 is 10.2 Å². The Bertz CT molecular complexity index is 1060. The topological polar surface area (TPSA) is 50.1 Å². The van der Waals surface area contributed by atoms with E-state index in [1.807, 2.05) is 12.1 Å². The zero-order valence-electron chi connectivity index (χ0n) is 15.2. The molecule has 3 aliphatic rings. The molecule has 1 saturated heterocycles. The molecule has 27 heavy (non-hydrogen) atoms. The molecule has 0 atom stereocenters. The Morgan fingerprint density at radius 1 is 0.963 bits per heavy atom. The van der Waals surface area contributed by atoms with Crippen LogP contribution in [0.2, 0.25) is 0 Å². The van der Waals surface area contributed by atoms with Crippen LogP contribution in [0.1, 0.15) is 0 Å². The quantitative estimate of drug-likeness (QED) is 0.440. The van der Waals surface area contributed by atoms with Crippen LogP contribution in [0.3, 0.4) is 0 Å². The van der Waals surface area contributed by atoms with Gasteiger partial charge in [0.05, 0.1) is 5.69 Å². The fraction of sp³-hybridized carbons (Fsp3) is 0.238. The van der Waals surface area contributed by atoms with Crippen LogP contribution in [-0.4, -0.2) is 48.3 Å². The van der Waals surface area contributed by atoms with Gasteiger partial charge >= 0.3 is 0 Å². The van der Waals surface area contributed by atoms with Gasteiger partial charge in [0, 0.05) is 53.0 Å². The molecule has 5 nitrogen and oxygen atoms in total. The van der Waals surface area contributed by atoms with Crippen molar-refractivity contribution in [2.75, 3.05) is 43.4 Å². The molecular formula is C21H22BrN5. The second-order valence-electron chi connectivity index (χ2n) is 7.26. The minimum atomic E-state index is 0.987. The molecule has 1 fully saturated rings. The summed E-state index contributed by atoms with van der Waals surface area (Å²) in [6.07, 6.45) is 0. The average Bonchev–Trinajstić information content (AvgIpc) is 3.22. The molecule has 6 heteroatoms. The molecule has 0 spiro atoms. The lowest BCUT2D eigenvalue weighted by Crippen LogP contribution is -2.44. The first kappa shape index (κ1) is 16.7. The second kappa shape index (κ2) is 6.62. The van der Waals surface area contributed by atoms with E-state index in [0.29, 0.717) is 0 Å². The van der Waals surface area contributed by atoms with Gasteiger partial charge in [0.2, 0.25) is 0 Å². The monoisotopic (exact) mass is 423 g/mol. The van der Waals surface area contributed by atoms with Gasteiger partial charge in [-0.1, -0.05) is 28.1 Å². The number of anilines is 3. The lowest BCUT2D eigenvalue weighted by Gasteiger charge is -2.34. The van der Waals surface area contributed by atoms with Crippen molar-refractivity contribution in [3.8, 4) is 11.3 Å². The van der Waals surface area contributed by atoms with Crippen LogP contribution in [0.5, 0.6) is 0 Å². The Hall–Kier alpha value is -2.44. The summed E-state index contributed by atoms with van der Waals surface area (Å²) >= 11 is 3.53. The van der Waals surface area contributed by atoms with Crippen LogP contribution in [0, 0.1) is 0 Å². The third-order valence-electron chi connectivity index (χ3n) is 5.42. The number of likely N-dealkylation sites (N-methyl/N-ethyl adjacent to an activating group) is 1. The standard InChI is InChI=1S/C21H22BrN5/c1-26-7-9-27(10-8-26)17-5-6-18-14(11-17)12-19-20(18)24-25-21(19)23-16-4-2-3-15(22)13-16/h2-6,11-13,23-25H,7-10H2,1H3. The van der Waals surface area contributed by atoms with Crippen LogP contribution >= 0.6 is 15.9 Å². The molecule has 138 valence electrons. The zero-order chi connectivity index (χ0) is 18.4. The number of rotatable bonds is 3. The minimum absolute atomic E-state index is 0.987. The van der Waals surface area contributed by atoms with Crippen molar-refractivity contribution in [1.29, 1.82) is 0 Å². The largest absolute Gasteiger partial charge is 0.369 e. The number of nitrogens with zero attached hydrogens (tertiary/aromatic N) is 2. The molecule has 0 bridgehead atoms. The summed E-state index contributed by atoms with van der Waals surface area (Å²) in [4.78, 5) is 4.87. The fourth-order valence-corrected chi connectivity index (χ4v) is 4.26. The molecule has 2 aliphatic heterocycles. The molecule has 0 amide bonds. The highest BCUT2D eigenvalue weighted by atomic mass is 79.9. The molecule has 3 N–H and O–H groups in total. The van der Waals surface area contributed by atoms with E-state index in [1.54, 1.807) is 0 Å². The fourth-order valence-electron chi connectivity index (χ4n) is 3.86. The number of hydrogen-bond acceptors (Lipinski definition) is 3. The van der Waals surface area contributed by atoms with Gasteiger partial charge in [0.1, 0.15) is 5.82 Å². The second-order valence-corrected chi connectivity index (χ2v) is 8.17. The minimum Gasteiger partial charge on any atom is -0.369 e. The number of hydrogen-bond donors (Lipinski definition) is 3. The van der Waals surface area contributed by atoms with Gasteiger partial charge < -0.3 is 15.1 Å². The Balaban J connectivity index is 1.48. The maximum Gasteiger partial charge on any atom is 0.132 e. The van der Waals surface area contributed by atoms with Crippen LogP contribution in [0.4, 0.5) is 17.2 Å². The summed E-state index contributed by atoms with van der Waals surface area (Å²) in [6, 6.07) is 17.2. The van der Waals surface area contributed by atoms with Gasteiger partial charge in [-0.15, -0.1) is 0 Å². The Morgan fingerprint density at radius 2 is 1.81 bits per heavy atom. The third kappa shape index (κ3) is 3.09. The highest BCUT2D eigenvalue weighted by Crippen LogP contribution is 2.39. The zero-order valence-corrected chi connectivity index (χ0v) is 16.8. The predicted octanol–water partition coefficient (Wildman–Crippen LogP) is 4.86. The van der Waals surface area contributed by atoms with Gasteiger partial charge in [-0.05, 0) is 48.8 Å². The van der Waals surface area contributed by atoms with Crippen LogP contribution in [-0.2, 0) is 0 Å². The van der Waals surface area contributed by atoms with E-state index in [-0.39, 0.29) is 0 Å². The van der Waals surface area contributed by atoms with Gasteiger partial charge in [-0.25, -0.2) is 0 Å². The van der Waals surface area contributed by atoms with E-state index >= 15 is 0 Å². The van der Waals surface area contributed by atoms with E-state index in [9.17, 15) is 0 Å². The molecule has 0 saturated carbocycles. The van der Waals surface area contributed by atoms with E-state index in [2.05, 4.69) is 84.7 Å². The molecule has 5 rings (SSSR count). The number of benzene rings is 2. The lowest BCUT2D eigenvalue weighted by atomic mass is 10.1. The van der Waals surface area contributed by atoms with Crippen LogP contribution in [0.25, 0.3) is 22.0 Å². The van der Waals surface area contributed by atoms with Crippen molar-refractivity contribution in [2.24, 2.45) is 0 Å². The summed E-state index contributed by atoms with van der Waals surface area (Å²) in [6.45, 7) is 4.42. The van der Waals surface area contributed by atoms with E-state index < -0.39 is 0 Å². The van der Waals surface area contributed by atoms with E-state index in [1.165, 1.54) is 22.0 Å². The van der Waals surface area contributed by atoms with Crippen molar-refractivity contribution >= 4 is 43.9 Å². The number of halogens is 1. The summed E-state index contributed by atoms with van der Waals surface area (Å²) in [5, 5.41) is 12.6. The molecule has 0 aromatic heterocycles. The van der Waals surface area contributed by atoms with Crippen LogP contribution in [0.15, 0.2) is 53.0 Å². The molecule has 1 aliphatic carbocycles. The smallest absolute Gasteiger partial charge is 0.132 e. The SMILES string of the molecule is CN1CCN(c2ccc3c4[nH][nH]c(Nc5cccc(Br)c5)c-4cc3c2)CC1. The number of aromatic amines is 2. The molecule has 2 aromatic carbocycles. The molecule has 2 heterocycles. The number of aromatic nitrogens is 2. The highest BCUT2D eigenvalue weighted by molar-refractivity contribution is 9.10. The first-order valence-corrected chi connectivity index (χ1v) is 10.1. The number of nitrogens with one attached hydrogen (secondary N) is 3. The Kier molecular flexibility index (Phi) is 4.10. The normalized spacial score (nSPS) is 15.7. The number of fused-ring (bicyclic) bond motifs is 3. The van der Waals surface area contributed by atoms with E-state index in [4.69, 9.17) is 0 Å². The van der Waals surface area contributed by atoms with Crippen molar-refractivity contribution in [2.45, 2.75) is 0 Å². The highest BCUT2D eigenvalue weighted by Gasteiger charge is 2.19. The van der Waals surface area contributed by atoms with Gasteiger partial charge in [-0.3, -0.25) is 10.2 Å². The van der Waals surface area contributed by atoms with Gasteiger partial charge in [-0.2, -0.15) is 0 Å². The molecular weight excluding hydrogens is 402 g/mol. The van der Waals surface area contributed by atoms with E-state index in [0.717, 1.165) is 47.9 Å². The predicted molar refractivity (Wildman–Crippen MR) is 116 cm³/mol. The molecule has 2 aromatic rings. The maximum absolute atomic E-state index is 3.53. The lowest BCUT2D eigenvalue weighted by molar-refractivity contribution is 0.313. The summed E-state index contributed by atoms with van der Waals surface area (Å²) in [7, 11) is 2.19. The third-order valence-corrected chi connectivity index (χ3v) is 5.91. The number of piperazine rings is 1.